The summed E-state index contributed by atoms with van der Waals surface area (Å²) in [7, 11) is 4.95. The van der Waals surface area contributed by atoms with Gasteiger partial charge in [0.05, 0.1) is 0 Å². The molecule has 0 saturated heterocycles. The molecular weight excluding hydrogens is 270 g/mol. The first kappa shape index (κ1) is 22.5. The summed E-state index contributed by atoms with van der Waals surface area (Å²) in [6, 6.07) is 0. The van der Waals surface area contributed by atoms with E-state index < -0.39 is 5.97 Å². The molecule has 21 heavy (non-hydrogen) atoms. The number of isocyanates is 1. The van der Waals surface area contributed by atoms with E-state index in [0.717, 1.165) is 18.9 Å². The van der Waals surface area contributed by atoms with E-state index in [2.05, 4.69) is 13.8 Å². The minimum Gasteiger partial charge on any atom is -0.331 e. The highest BCUT2D eigenvalue weighted by atomic mass is 16.9. The van der Waals surface area contributed by atoms with Crippen LogP contribution in [-0.4, -0.2) is 33.4 Å². The van der Waals surface area contributed by atoms with Crippen molar-refractivity contribution in [1.29, 1.82) is 5.41 Å². The van der Waals surface area contributed by atoms with Crippen LogP contribution >= 0.6 is 0 Å². The lowest BCUT2D eigenvalue weighted by molar-refractivity contribution is -0.380. The Labute approximate surface area is 129 Å². The summed E-state index contributed by atoms with van der Waals surface area (Å²) in [6.45, 7) is 4.41. The predicted octanol–water partition coefficient (Wildman–Crippen LogP) is 4.26. The van der Waals surface area contributed by atoms with Gasteiger partial charge in [0.15, 0.2) is 0 Å². The average molecular weight is 303 g/mol. The van der Waals surface area contributed by atoms with Gasteiger partial charge in [-0.2, -0.15) is 0 Å². The molecule has 0 spiro atoms. The summed E-state index contributed by atoms with van der Waals surface area (Å²) in [6.07, 6.45) is 10.7. The average Bonchev–Trinajstić information content (AvgIpc) is 2.51. The molecule has 0 heterocycles. The Morgan fingerprint density at radius 1 is 0.952 bits per heavy atom. The highest BCUT2D eigenvalue weighted by Crippen LogP contribution is 2.30. The van der Waals surface area contributed by atoms with E-state index >= 15 is 0 Å². The lowest BCUT2D eigenvalue weighted by atomic mass is 9.95. The van der Waals surface area contributed by atoms with Gasteiger partial charge >= 0.3 is 0 Å². The molecule has 0 aliphatic carbocycles. The van der Waals surface area contributed by atoms with Crippen LogP contribution < -0.4 is 0 Å². The molecule has 0 aromatic rings. The number of rotatable bonds is 12. The number of nitrogens with one attached hydrogen (secondary N) is 1. The van der Waals surface area contributed by atoms with Gasteiger partial charge in [0.2, 0.25) is 6.08 Å². The van der Waals surface area contributed by atoms with Crippen LogP contribution in [0, 0.1) is 11.3 Å². The van der Waals surface area contributed by atoms with Gasteiger partial charge in [0.1, 0.15) is 0 Å². The summed E-state index contributed by atoms with van der Waals surface area (Å²) in [5, 5.41) is 5.40. The van der Waals surface area contributed by atoms with Crippen molar-refractivity contribution >= 4 is 6.08 Å². The van der Waals surface area contributed by atoms with Crippen LogP contribution in [0.4, 0.5) is 0 Å². The van der Waals surface area contributed by atoms with E-state index in [1.54, 1.807) is 21.3 Å². The van der Waals surface area contributed by atoms with E-state index in [0.29, 0.717) is 5.92 Å². The Morgan fingerprint density at radius 3 is 1.76 bits per heavy atom. The third kappa shape index (κ3) is 9.75. The molecule has 0 radical (unpaired) electrons. The smallest absolute Gasteiger partial charge is 0.285 e. The summed E-state index contributed by atoms with van der Waals surface area (Å²) in [5.74, 6) is -0.568. The van der Waals surface area contributed by atoms with E-state index in [1.165, 1.54) is 38.5 Å². The number of methoxy groups -OCH3 is 3. The van der Waals surface area contributed by atoms with Crippen LogP contribution in [0.25, 0.3) is 0 Å². The minimum atomic E-state index is -0.863. The molecule has 0 aliphatic heterocycles. The van der Waals surface area contributed by atoms with E-state index in [4.69, 9.17) is 24.4 Å². The van der Waals surface area contributed by atoms with Crippen molar-refractivity contribution in [2.24, 2.45) is 5.92 Å². The van der Waals surface area contributed by atoms with Crippen LogP contribution in [-0.2, 0) is 19.0 Å². The minimum absolute atomic E-state index is 0.295. The molecule has 0 bridgehead atoms. The number of hydrogen-bond donors (Lipinski definition) is 1. The van der Waals surface area contributed by atoms with Crippen LogP contribution in [0.1, 0.15) is 65.2 Å². The highest BCUT2D eigenvalue weighted by molar-refractivity contribution is 5.26. The van der Waals surface area contributed by atoms with Gasteiger partial charge in [0, 0.05) is 27.2 Å². The lowest BCUT2D eigenvalue weighted by Gasteiger charge is -2.36. The van der Waals surface area contributed by atoms with Gasteiger partial charge in [-0.05, 0) is 12.8 Å². The second kappa shape index (κ2) is 15.6. The molecule has 0 fully saturated rings. The Balaban J connectivity index is 0. The fourth-order valence-corrected chi connectivity index (χ4v) is 2.55. The quantitative estimate of drug-likeness (QED) is 0.253. The second-order valence-corrected chi connectivity index (χ2v) is 4.98. The number of ether oxygens (including phenoxy) is 3. The molecule has 0 rings (SSSR count). The van der Waals surface area contributed by atoms with Crippen molar-refractivity contribution in [3.63, 3.8) is 0 Å². The van der Waals surface area contributed by atoms with E-state index in [9.17, 15) is 0 Å². The Bertz CT molecular complexity index is 240. The molecule has 0 amide bonds. The van der Waals surface area contributed by atoms with Crippen molar-refractivity contribution < 1.29 is 19.0 Å². The lowest BCUT2D eigenvalue weighted by Crippen LogP contribution is -2.43. The van der Waals surface area contributed by atoms with Crippen molar-refractivity contribution in [1.82, 2.24) is 0 Å². The summed E-state index contributed by atoms with van der Waals surface area (Å²) in [4.78, 5) is 8.35. The molecular formula is C16H33NO4. The van der Waals surface area contributed by atoms with Crippen molar-refractivity contribution in [2.45, 2.75) is 71.2 Å². The largest absolute Gasteiger partial charge is 0.331 e. The zero-order chi connectivity index (χ0) is 16.6. The van der Waals surface area contributed by atoms with Gasteiger partial charge in [-0.25, -0.2) is 10.2 Å². The third-order valence-corrected chi connectivity index (χ3v) is 3.75. The molecule has 5 heteroatoms. The summed E-state index contributed by atoms with van der Waals surface area (Å²) in [5.41, 5.74) is 0. The number of carbonyl (C=O) groups excluding carboxylic acids is 1. The number of hydrogen-bond acceptors (Lipinski definition) is 5. The van der Waals surface area contributed by atoms with Crippen molar-refractivity contribution in [3.05, 3.63) is 0 Å². The highest BCUT2D eigenvalue weighted by Gasteiger charge is 2.38. The van der Waals surface area contributed by atoms with Crippen LogP contribution in [0.3, 0.4) is 0 Å². The first-order chi connectivity index (χ1) is 10.1. The fourth-order valence-electron chi connectivity index (χ4n) is 2.55. The Kier molecular flexibility index (Phi) is 16.8. The fraction of sp³-hybridized carbons (Fsp3) is 0.938. The van der Waals surface area contributed by atoms with Gasteiger partial charge in [-0.3, -0.25) is 0 Å². The molecule has 5 nitrogen and oxygen atoms in total. The van der Waals surface area contributed by atoms with Gasteiger partial charge in [-0.15, -0.1) is 0 Å². The monoisotopic (exact) mass is 303 g/mol. The Hall–Kier alpha value is -0.740. The SMILES string of the molecule is CCCCCCCCC(CC)C(OC)(OC)OC.N=C=O. The van der Waals surface area contributed by atoms with Crippen LogP contribution in [0.15, 0.2) is 0 Å². The number of unbranched alkanes of at least 4 members (excludes halogenated alkanes) is 5. The predicted molar refractivity (Wildman–Crippen MR) is 83.9 cm³/mol. The van der Waals surface area contributed by atoms with Gasteiger partial charge < -0.3 is 14.2 Å². The van der Waals surface area contributed by atoms with Crippen LogP contribution in [0.2, 0.25) is 0 Å². The zero-order valence-corrected chi connectivity index (χ0v) is 14.4. The maximum Gasteiger partial charge on any atom is 0.285 e. The maximum absolute atomic E-state index is 8.35. The van der Waals surface area contributed by atoms with E-state index in [1.807, 2.05) is 0 Å². The zero-order valence-electron chi connectivity index (χ0n) is 14.4. The molecule has 0 aromatic carbocycles. The first-order valence-corrected chi connectivity index (χ1v) is 7.81. The van der Waals surface area contributed by atoms with E-state index in [-0.39, 0.29) is 0 Å². The van der Waals surface area contributed by atoms with Crippen molar-refractivity contribution in [2.75, 3.05) is 21.3 Å². The maximum atomic E-state index is 8.35. The molecule has 1 N–H and O–H groups in total. The standard InChI is InChI=1S/C15H32O3.CHNO/c1-6-8-9-10-11-12-13-14(7-2)15(16-3,17-4)18-5;2-1-3/h14H,6-13H2,1-5H3;2H. The van der Waals surface area contributed by atoms with Gasteiger partial charge in [0.25, 0.3) is 5.97 Å². The normalized spacial score (nSPS) is 12.2. The molecule has 1 atom stereocenters. The summed E-state index contributed by atoms with van der Waals surface area (Å²) >= 11 is 0. The third-order valence-electron chi connectivity index (χ3n) is 3.75. The molecule has 0 aliphatic rings. The molecule has 1 unspecified atom stereocenters. The molecule has 0 aromatic heterocycles. The van der Waals surface area contributed by atoms with Crippen molar-refractivity contribution in [3.8, 4) is 0 Å². The van der Waals surface area contributed by atoms with Gasteiger partial charge in [-0.1, -0.05) is 52.4 Å². The second-order valence-electron chi connectivity index (χ2n) is 4.98. The van der Waals surface area contributed by atoms with Crippen LogP contribution in [0.5, 0.6) is 0 Å². The Morgan fingerprint density at radius 2 is 1.38 bits per heavy atom. The first-order valence-electron chi connectivity index (χ1n) is 7.81. The topological polar surface area (TPSA) is 68.6 Å². The molecule has 126 valence electrons. The summed E-state index contributed by atoms with van der Waals surface area (Å²) < 4.78 is 16.3. The molecule has 0 saturated carbocycles.